The van der Waals surface area contributed by atoms with Gasteiger partial charge < -0.3 is 10.1 Å². The largest absolute Gasteiger partial charge is 0.496 e. The Bertz CT molecular complexity index is 924. The van der Waals surface area contributed by atoms with Gasteiger partial charge in [-0.1, -0.05) is 36.8 Å². The minimum Gasteiger partial charge on any atom is -0.496 e. The maximum Gasteiger partial charge on any atom is 0.243 e. The highest BCUT2D eigenvalue weighted by molar-refractivity contribution is 7.89. The van der Waals surface area contributed by atoms with Gasteiger partial charge in [0, 0.05) is 7.05 Å². The van der Waals surface area contributed by atoms with Crippen LogP contribution in [0, 0.1) is 13.8 Å². The van der Waals surface area contributed by atoms with Crippen LogP contribution < -0.4 is 10.1 Å². The van der Waals surface area contributed by atoms with Gasteiger partial charge in [0.05, 0.1) is 24.6 Å². The molecule has 0 bridgehead atoms. The number of benzene rings is 2. The summed E-state index contributed by atoms with van der Waals surface area (Å²) in [4.78, 5) is 12.7. The molecule has 0 saturated heterocycles. The summed E-state index contributed by atoms with van der Waals surface area (Å²) >= 11 is 0. The van der Waals surface area contributed by atoms with Crippen LogP contribution in [0.15, 0.2) is 47.4 Å². The lowest BCUT2D eigenvalue weighted by Crippen LogP contribution is -2.39. The zero-order chi connectivity index (χ0) is 20.9. The minimum absolute atomic E-state index is 0.172. The van der Waals surface area contributed by atoms with E-state index in [4.69, 9.17) is 4.74 Å². The van der Waals surface area contributed by atoms with Crippen molar-refractivity contribution >= 4 is 15.9 Å². The SMILES string of the molecule is CC[C@H](NC(=O)CN(C)S(=O)(=O)c1ccc(C)cc1)c1ccc(OC)c(C)c1. The first-order valence-corrected chi connectivity index (χ1v) is 10.6. The molecule has 2 rings (SSSR count). The highest BCUT2D eigenvalue weighted by atomic mass is 32.2. The molecule has 0 heterocycles. The maximum atomic E-state index is 12.7. The smallest absolute Gasteiger partial charge is 0.243 e. The lowest BCUT2D eigenvalue weighted by molar-refractivity contribution is -0.121. The highest BCUT2D eigenvalue weighted by Crippen LogP contribution is 2.24. The third-order valence-corrected chi connectivity index (χ3v) is 6.48. The molecule has 0 aliphatic heterocycles. The van der Waals surface area contributed by atoms with Crippen molar-refractivity contribution in [2.75, 3.05) is 20.7 Å². The molecule has 28 heavy (non-hydrogen) atoms. The third-order valence-electron chi connectivity index (χ3n) is 4.66. The number of aryl methyl sites for hydroxylation is 2. The van der Waals surface area contributed by atoms with Crippen LogP contribution in [0.4, 0.5) is 0 Å². The normalized spacial score (nSPS) is 12.6. The van der Waals surface area contributed by atoms with E-state index in [2.05, 4.69) is 5.32 Å². The van der Waals surface area contributed by atoms with Gasteiger partial charge in [0.2, 0.25) is 15.9 Å². The molecule has 1 N–H and O–H groups in total. The zero-order valence-electron chi connectivity index (χ0n) is 17.0. The van der Waals surface area contributed by atoms with E-state index in [1.165, 1.54) is 7.05 Å². The molecule has 0 fully saturated rings. The summed E-state index contributed by atoms with van der Waals surface area (Å²) in [7, 11) is -0.691. The van der Waals surface area contributed by atoms with E-state index < -0.39 is 10.0 Å². The molecule has 6 nitrogen and oxygen atoms in total. The van der Waals surface area contributed by atoms with Crippen LogP contribution in [0.3, 0.4) is 0 Å². The Morgan fingerprint density at radius 1 is 1.14 bits per heavy atom. The maximum absolute atomic E-state index is 12.7. The van der Waals surface area contributed by atoms with E-state index in [1.54, 1.807) is 31.4 Å². The van der Waals surface area contributed by atoms with Crippen LogP contribution in [-0.4, -0.2) is 39.3 Å². The van der Waals surface area contributed by atoms with Crippen LogP contribution in [0.1, 0.15) is 36.1 Å². The first-order valence-electron chi connectivity index (χ1n) is 9.16. The molecule has 1 amide bonds. The van der Waals surface area contributed by atoms with E-state index in [-0.39, 0.29) is 23.4 Å². The molecule has 0 saturated carbocycles. The molecule has 0 spiro atoms. The monoisotopic (exact) mass is 404 g/mol. The summed E-state index contributed by atoms with van der Waals surface area (Å²) in [5.74, 6) is 0.437. The second kappa shape index (κ2) is 9.21. The van der Waals surface area contributed by atoms with Crippen LogP contribution in [-0.2, 0) is 14.8 Å². The molecule has 2 aromatic rings. The Kier molecular flexibility index (Phi) is 7.21. The second-order valence-electron chi connectivity index (χ2n) is 6.83. The molecule has 0 unspecified atom stereocenters. The van der Waals surface area contributed by atoms with Gasteiger partial charge in [-0.2, -0.15) is 4.31 Å². The number of hydrogen-bond acceptors (Lipinski definition) is 4. The number of rotatable bonds is 8. The summed E-state index contributed by atoms with van der Waals surface area (Å²) in [6.07, 6.45) is 0.686. The average molecular weight is 405 g/mol. The van der Waals surface area contributed by atoms with Gasteiger partial charge in [-0.3, -0.25) is 4.79 Å². The molecular weight excluding hydrogens is 376 g/mol. The van der Waals surface area contributed by atoms with Crippen LogP contribution in [0.5, 0.6) is 5.75 Å². The number of methoxy groups -OCH3 is 1. The van der Waals surface area contributed by atoms with Gasteiger partial charge in [-0.05, 0) is 49.6 Å². The predicted octanol–water partition coefficient (Wildman–Crippen LogP) is 3.20. The molecular formula is C21H28N2O4S. The van der Waals surface area contributed by atoms with Crippen molar-refractivity contribution in [3.63, 3.8) is 0 Å². The van der Waals surface area contributed by atoms with Gasteiger partial charge in [0.1, 0.15) is 5.75 Å². The minimum atomic E-state index is -3.72. The number of nitrogens with one attached hydrogen (secondary N) is 1. The van der Waals surface area contributed by atoms with Crippen LogP contribution >= 0.6 is 0 Å². The number of ether oxygens (including phenoxy) is 1. The van der Waals surface area contributed by atoms with Crippen molar-refractivity contribution in [3.05, 3.63) is 59.2 Å². The number of likely N-dealkylation sites (N-methyl/N-ethyl adjacent to an activating group) is 1. The number of sulfonamides is 1. The summed E-state index contributed by atoms with van der Waals surface area (Å²) in [5.41, 5.74) is 2.91. The van der Waals surface area contributed by atoms with E-state index in [9.17, 15) is 13.2 Å². The molecule has 0 aliphatic carbocycles. The standard InChI is InChI=1S/C21H28N2O4S/c1-6-19(17-9-12-20(27-5)16(3)13-17)22-21(24)14-23(4)28(25,26)18-10-7-15(2)8-11-18/h7-13,19H,6,14H2,1-5H3,(H,22,24)/t19-/m0/s1. The topological polar surface area (TPSA) is 75.7 Å². The van der Waals surface area contributed by atoms with Crippen LogP contribution in [0.25, 0.3) is 0 Å². The molecule has 0 radical (unpaired) electrons. The number of amides is 1. The van der Waals surface area contributed by atoms with Crippen LogP contribution in [0.2, 0.25) is 0 Å². The summed E-state index contributed by atoms with van der Waals surface area (Å²) in [6.45, 7) is 5.55. The van der Waals surface area contributed by atoms with E-state index >= 15 is 0 Å². The quantitative estimate of drug-likeness (QED) is 0.733. The van der Waals surface area contributed by atoms with Crippen molar-refractivity contribution in [3.8, 4) is 5.75 Å². The summed E-state index contributed by atoms with van der Waals surface area (Å²) < 4.78 is 31.6. The van der Waals surface area contributed by atoms with Crippen molar-refractivity contribution in [2.45, 2.75) is 38.1 Å². The van der Waals surface area contributed by atoms with Gasteiger partial charge in [0.15, 0.2) is 0 Å². The predicted molar refractivity (Wildman–Crippen MR) is 110 cm³/mol. The van der Waals surface area contributed by atoms with E-state index in [0.717, 1.165) is 26.7 Å². The van der Waals surface area contributed by atoms with Gasteiger partial charge in [-0.25, -0.2) is 8.42 Å². The highest BCUT2D eigenvalue weighted by Gasteiger charge is 2.24. The Hall–Kier alpha value is -2.38. The molecule has 7 heteroatoms. The Morgan fingerprint density at radius 2 is 1.79 bits per heavy atom. The summed E-state index contributed by atoms with van der Waals surface area (Å²) in [5, 5.41) is 2.93. The summed E-state index contributed by atoms with van der Waals surface area (Å²) in [6, 6.07) is 12.1. The fourth-order valence-corrected chi connectivity index (χ4v) is 4.08. The first-order chi connectivity index (χ1) is 13.2. The van der Waals surface area contributed by atoms with Crippen molar-refractivity contribution in [2.24, 2.45) is 0 Å². The Balaban J connectivity index is 2.08. The first kappa shape index (κ1) is 21.9. The van der Waals surface area contributed by atoms with Crippen molar-refractivity contribution in [1.82, 2.24) is 9.62 Å². The van der Waals surface area contributed by atoms with Gasteiger partial charge in [0.25, 0.3) is 0 Å². The Labute approximate surface area is 167 Å². The van der Waals surface area contributed by atoms with Gasteiger partial charge in [-0.15, -0.1) is 0 Å². The van der Waals surface area contributed by atoms with Crippen molar-refractivity contribution in [1.29, 1.82) is 0 Å². The third kappa shape index (κ3) is 5.11. The zero-order valence-corrected chi connectivity index (χ0v) is 17.8. The fourth-order valence-electron chi connectivity index (χ4n) is 2.96. The fraction of sp³-hybridized carbons (Fsp3) is 0.381. The molecule has 2 aromatic carbocycles. The number of nitrogens with zero attached hydrogens (tertiary/aromatic N) is 1. The number of carbonyl (C=O) groups excluding carboxylic acids is 1. The van der Waals surface area contributed by atoms with E-state index in [0.29, 0.717) is 6.42 Å². The molecule has 152 valence electrons. The average Bonchev–Trinajstić information content (AvgIpc) is 2.66. The molecule has 0 aliphatic rings. The molecule has 1 atom stereocenters. The van der Waals surface area contributed by atoms with Crippen molar-refractivity contribution < 1.29 is 17.9 Å². The lowest BCUT2D eigenvalue weighted by atomic mass is 10.0. The Morgan fingerprint density at radius 3 is 2.32 bits per heavy atom. The number of carbonyl (C=O) groups is 1. The van der Waals surface area contributed by atoms with Gasteiger partial charge >= 0.3 is 0 Å². The second-order valence-corrected chi connectivity index (χ2v) is 8.88. The lowest BCUT2D eigenvalue weighted by Gasteiger charge is -2.21. The number of hydrogen-bond donors (Lipinski definition) is 1. The molecule has 0 aromatic heterocycles. The van der Waals surface area contributed by atoms with E-state index in [1.807, 2.05) is 39.0 Å².